The minimum Gasteiger partial charge on any atom is -0.489 e. The molecule has 0 unspecified atom stereocenters. The zero-order chi connectivity index (χ0) is 19.9. The Morgan fingerprint density at radius 2 is 1.89 bits per heavy atom. The highest BCUT2D eigenvalue weighted by atomic mass is 35.5. The van der Waals surface area contributed by atoms with Gasteiger partial charge in [-0.15, -0.1) is 0 Å². The fraction of sp³-hybridized carbons (Fsp3) is 0.238. The van der Waals surface area contributed by atoms with E-state index in [0.717, 1.165) is 11.1 Å². The van der Waals surface area contributed by atoms with Crippen LogP contribution in [0.5, 0.6) is 5.75 Å². The molecular formula is C21H18Cl2N2O3. The maximum absolute atomic E-state index is 12.4. The molecular weight excluding hydrogens is 399 g/mol. The zero-order valence-corrected chi connectivity index (χ0v) is 16.5. The Bertz CT molecular complexity index is 914. The molecule has 1 heterocycles. The molecule has 0 bridgehead atoms. The van der Waals surface area contributed by atoms with Gasteiger partial charge in [-0.2, -0.15) is 5.26 Å². The number of hydrogen-bond donors (Lipinski definition) is 0. The van der Waals surface area contributed by atoms with Gasteiger partial charge in [-0.1, -0.05) is 41.4 Å². The van der Waals surface area contributed by atoms with Gasteiger partial charge in [0.1, 0.15) is 24.0 Å². The second-order valence-corrected chi connectivity index (χ2v) is 7.01. The molecule has 0 aromatic heterocycles. The summed E-state index contributed by atoms with van der Waals surface area (Å²) in [7, 11) is 0. The zero-order valence-electron chi connectivity index (χ0n) is 15.0. The average Bonchev–Trinajstić information content (AvgIpc) is 2.72. The Balaban J connectivity index is 1.64. The van der Waals surface area contributed by atoms with E-state index >= 15 is 0 Å². The van der Waals surface area contributed by atoms with E-state index in [1.165, 1.54) is 0 Å². The molecule has 0 atom stereocenters. The van der Waals surface area contributed by atoms with Crippen LogP contribution in [0.15, 0.2) is 48.0 Å². The van der Waals surface area contributed by atoms with Gasteiger partial charge in [0.05, 0.1) is 13.2 Å². The highest BCUT2D eigenvalue weighted by molar-refractivity contribution is 6.35. The maximum atomic E-state index is 12.4. The number of nitrogens with zero attached hydrogens (tertiary/aromatic N) is 2. The van der Waals surface area contributed by atoms with Crippen molar-refractivity contribution in [3.05, 3.63) is 69.2 Å². The van der Waals surface area contributed by atoms with Crippen molar-refractivity contribution in [2.45, 2.75) is 6.61 Å². The molecule has 144 valence electrons. The molecule has 1 saturated heterocycles. The number of nitriles is 1. The molecule has 0 aliphatic carbocycles. The Labute approximate surface area is 173 Å². The SMILES string of the molecule is N#CC(=Cc1ccc(OCc2ccc(Cl)cc2Cl)cc1)C(=O)N1CCOCC1. The molecule has 1 fully saturated rings. The van der Waals surface area contributed by atoms with Crippen LogP contribution < -0.4 is 4.74 Å². The number of amides is 1. The predicted molar refractivity (Wildman–Crippen MR) is 108 cm³/mol. The first-order chi connectivity index (χ1) is 13.6. The van der Waals surface area contributed by atoms with E-state index in [4.69, 9.17) is 32.7 Å². The van der Waals surface area contributed by atoms with Crippen LogP contribution in [0.4, 0.5) is 0 Å². The minimum atomic E-state index is -0.275. The molecule has 5 nitrogen and oxygen atoms in total. The topological polar surface area (TPSA) is 62.6 Å². The summed E-state index contributed by atoms with van der Waals surface area (Å²) in [4.78, 5) is 14.1. The third-order valence-corrected chi connectivity index (χ3v) is 4.84. The smallest absolute Gasteiger partial charge is 0.264 e. The van der Waals surface area contributed by atoms with Crippen molar-refractivity contribution >= 4 is 35.2 Å². The summed E-state index contributed by atoms with van der Waals surface area (Å²) >= 11 is 12.0. The van der Waals surface area contributed by atoms with Gasteiger partial charge in [0.2, 0.25) is 0 Å². The van der Waals surface area contributed by atoms with Crippen LogP contribution in [0.3, 0.4) is 0 Å². The summed E-state index contributed by atoms with van der Waals surface area (Å²) < 4.78 is 11.0. The molecule has 1 amide bonds. The summed E-state index contributed by atoms with van der Waals surface area (Å²) in [5.74, 6) is 0.379. The van der Waals surface area contributed by atoms with Crippen molar-refractivity contribution in [2.24, 2.45) is 0 Å². The summed E-state index contributed by atoms with van der Waals surface area (Å²) in [6.45, 7) is 2.29. The number of carbonyl (C=O) groups excluding carboxylic acids is 1. The van der Waals surface area contributed by atoms with E-state index < -0.39 is 0 Å². The van der Waals surface area contributed by atoms with Crippen molar-refractivity contribution in [2.75, 3.05) is 26.3 Å². The number of rotatable bonds is 5. The molecule has 1 aliphatic heterocycles. The maximum Gasteiger partial charge on any atom is 0.264 e. The molecule has 0 N–H and O–H groups in total. The van der Waals surface area contributed by atoms with Crippen molar-refractivity contribution in [3.63, 3.8) is 0 Å². The average molecular weight is 417 g/mol. The van der Waals surface area contributed by atoms with Gasteiger partial charge in [0, 0.05) is 28.7 Å². The first-order valence-corrected chi connectivity index (χ1v) is 9.48. The summed E-state index contributed by atoms with van der Waals surface area (Å²) in [6.07, 6.45) is 1.58. The van der Waals surface area contributed by atoms with Crippen LogP contribution in [0, 0.1) is 11.3 Å². The van der Waals surface area contributed by atoms with Gasteiger partial charge in [0.25, 0.3) is 5.91 Å². The van der Waals surface area contributed by atoms with Crippen LogP contribution in [0.25, 0.3) is 6.08 Å². The third kappa shape index (κ3) is 5.26. The van der Waals surface area contributed by atoms with Gasteiger partial charge in [-0.3, -0.25) is 4.79 Å². The third-order valence-electron chi connectivity index (χ3n) is 4.25. The second kappa shape index (κ2) is 9.61. The number of carbonyl (C=O) groups is 1. The fourth-order valence-electron chi connectivity index (χ4n) is 2.71. The van der Waals surface area contributed by atoms with Gasteiger partial charge in [0.15, 0.2) is 0 Å². The van der Waals surface area contributed by atoms with E-state index in [1.807, 2.05) is 12.1 Å². The first kappa shape index (κ1) is 20.2. The summed E-state index contributed by atoms with van der Waals surface area (Å²) in [6, 6.07) is 14.4. The van der Waals surface area contributed by atoms with Crippen LogP contribution in [-0.2, 0) is 16.1 Å². The van der Waals surface area contributed by atoms with Gasteiger partial charge in [-0.25, -0.2) is 0 Å². The first-order valence-electron chi connectivity index (χ1n) is 8.72. The molecule has 0 radical (unpaired) electrons. The van der Waals surface area contributed by atoms with E-state index in [2.05, 4.69) is 0 Å². The lowest BCUT2D eigenvalue weighted by Gasteiger charge is -2.26. The molecule has 1 aliphatic rings. The standard InChI is InChI=1S/C21H18Cl2N2O3/c22-18-4-3-16(20(23)12-18)14-28-19-5-1-15(2-6-19)11-17(13-24)21(26)25-7-9-27-10-8-25/h1-6,11-12H,7-10,14H2. The molecule has 2 aromatic rings. The fourth-order valence-corrected chi connectivity index (χ4v) is 3.17. The molecule has 3 rings (SSSR count). The lowest BCUT2D eigenvalue weighted by atomic mass is 10.1. The van der Waals surface area contributed by atoms with Gasteiger partial charge >= 0.3 is 0 Å². The Kier molecular flexibility index (Phi) is 6.94. The minimum absolute atomic E-state index is 0.100. The van der Waals surface area contributed by atoms with Gasteiger partial charge in [-0.05, 0) is 35.9 Å². The summed E-state index contributed by atoms with van der Waals surface area (Å²) in [5, 5.41) is 10.5. The van der Waals surface area contributed by atoms with Crippen LogP contribution in [0.1, 0.15) is 11.1 Å². The van der Waals surface area contributed by atoms with Crippen molar-refractivity contribution in [1.82, 2.24) is 4.90 Å². The monoisotopic (exact) mass is 416 g/mol. The number of morpholine rings is 1. The number of benzene rings is 2. The van der Waals surface area contributed by atoms with Crippen molar-refractivity contribution < 1.29 is 14.3 Å². The van der Waals surface area contributed by atoms with Crippen LogP contribution in [0.2, 0.25) is 10.0 Å². The number of hydrogen-bond acceptors (Lipinski definition) is 4. The molecule has 28 heavy (non-hydrogen) atoms. The molecule has 0 spiro atoms. The summed E-state index contributed by atoms with van der Waals surface area (Å²) in [5.41, 5.74) is 1.68. The molecule has 7 heteroatoms. The molecule has 2 aromatic carbocycles. The van der Waals surface area contributed by atoms with E-state index in [-0.39, 0.29) is 11.5 Å². The number of ether oxygens (including phenoxy) is 2. The highest BCUT2D eigenvalue weighted by Gasteiger charge is 2.20. The van der Waals surface area contributed by atoms with Gasteiger partial charge < -0.3 is 14.4 Å². The van der Waals surface area contributed by atoms with E-state index in [0.29, 0.717) is 48.7 Å². The lowest BCUT2D eigenvalue weighted by Crippen LogP contribution is -2.41. The normalized spacial score (nSPS) is 14.5. The Morgan fingerprint density at radius 3 is 2.54 bits per heavy atom. The highest BCUT2D eigenvalue weighted by Crippen LogP contribution is 2.23. The lowest BCUT2D eigenvalue weighted by molar-refractivity contribution is -0.130. The van der Waals surface area contributed by atoms with E-state index in [9.17, 15) is 10.1 Å². The number of halogens is 2. The van der Waals surface area contributed by atoms with Crippen molar-refractivity contribution in [3.8, 4) is 11.8 Å². The Hall–Kier alpha value is -2.52. The largest absolute Gasteiger partial charge is 0.489 e. The van der Waals surface area contributed by atoms with Crippen molar-refractivity contribution in [1.29, 1.82) is 5.26 Å². The molecule has 0 saturated carbocycles. The predicted octanol–water partition coefficient (Wildman–Crippen LogP) is 4.34. The van der Waals surface area contributed by atoms with Crippen LogP contribution in [-0.4, -0.2) is 37.1 Å². The quantitative estimate of drug-likeness (QED) is 0.537. The second-order valence-electron chi connectivity index (χ2n) is 6.17. The van der Waals surface area contributed by atoms with E-state index in [1.54, 1.807) is 47.4 Å². The Morgan fingerprint density at radius 1 is 1.18 bits per heavy atom. The van der Waals surface area contributed by atoms with Crippen LogP contribution >= 0.6 is 23.2 Å².